The molecule has 0 spiro atoms. The molecular weight excluding hydrogens is 642 g/mol. The van der Waals surface area contributed by atoms with E-state index < -0.39 is 98.1 Å². The van der Waals surface area contributed by atoms with Gasteiger partial charge in [-0.1, -0.05) is 65.7 Å². The molecule has 7 N–H and O–H groups in total. The molecule has 0 radical (unpaired) electrons. The average Bonchev–Trinajstić information content (AvgIpc) is 3.08. The summed E-state index contributed by atoms with van der Waals surface area (Å²) in [6.45, 7) is 8.55. The Morgan fingerprint density at radius 3 is 2.18 bits per heavy atom. The van der Waals surface area contributed by atoms with Crippen molar-refractivity contribution in [2.45, 2.75) is 178 Å². The van der Waals surface area contributed by atoms with Crippen LogP contribution in [0.1, 0.15) is 98.8 Å². The molecule has 0 aromatic rings. The van der Waals surface area contributed by atoms with E-state index in [1.165, 1.54) is 6.92 Å². The standard InChI is InChI=1S/C35H61NO13/c1-6-17(3)22-14-21(7-2)31(49-35-30(42)29(41)27(39)18(4)45-35)23(15-22)47-34-26(36-19(5)38)32(28(40)25(16-37)48-34)46-24(33(43)44)13-20-11-9-8-10-12-20/h17-18,20-32,34-35,37,39-42H,6-16H2,1-5H3,(H,36,38)(H,43,44)/t17?,18?,21-,22?,23?,24+,25+,26?,27?,28?,29?,30?,31?,32?,34-,35?/m1/s1. The van der Waals surface area contributed by atoms with Gasteiger partial charge in [0.15, 0.2) is 18.7 Å². The van der Waals surface area contributed by atoms with Crippen LogP contribution in [-0.2, 0) is 33.3 Å². The molecule has 49 heavy (non-hydrogen) atoms. The second kappa shape index (κ2) is 18.3. The maximum absolute atomic E-state index is 12.6. The number of hydrogen-bond acceptors (Lipinski definition) is 12. The Morgan fingerprint density at radius 1 is 0.898 bits per heavy atom. The van der Waals surface area contributed by atoms with Gasteiger partial charge in [-0.05, 0) is 49.9 Å². The maximum Gasteiger partial charge on any atom is 0.332 e. The predicted molar refractivity (Wildman–Crippen MR) is 175 cm³/mol. The van der Waals surface area contributed by atoms with Gasteiger partial charge in [0, 0.05) is 6.92 Å². The molecule has 2 aliphatic heterocycles. The molecule has 284 valence electrons. The second-order valence-electron chi connectivity index (χ2n) is 14.9. The molecule has 2 heterocycles. The highest BCUT2D eigenvalue weighted by Gasteiger charge is 2.52. The molecule has 0 aromatic carbocycles. The van der Waals surface area contributed by atoms with Gasteiger partial charge in [0.1, 0.15) is 42.7 Å². The topological polar surface area (TPSA) is 214 Å². The number of rotatable bonds is 14. The van der Waals surface area contributed by atoms with Crippen LogP contribution in [0.2, 0.25) is 0 Å². The number of ether oxygens (including phenoxy) is 5. The lowest BCUT2D eigenvalue weighted by atomic mass is 9.71. The van der Waals surface area contributed by atoms with Crippen molar-refractivity contribution in [1.82, 2.24) is 5.32 Å². The van der Waals surface area contributed by atoms with E-state index in [1.807, 2.05) is 6.92 Å². The molecule has 2 saturated heterocycles. The molecule has 14 heteroatoms. The lowest BCUT2D eigenvalue weighted by Gasteiger charge is -2.50. The summed E-state index contributed by atoms with van der Waals surface area (Å²) in [6.07, 6.45) is -6.27. The number of carbonyl (C=O) groups is 2. The molecule has 0 aromatic heterocycles. The van der Waals surface area contributed by atoms with E-state index in [2.05, 4.69) is 19.2 Å². The number of hydrogen-bond donors (Lipinski definition) is 7. The summed E-state index contributed by atoms with van der Waals surface area (Å²) in [5.74, 6) is -1.05. The van der Waals surface area contributed by atoms with E-state index in [-0.39, 0.29) is 24.2 Å². The Bertz CT molecular complexity index is 1040. The first-order valence-electron chi connectivity index (χ1n) is 18.4. The number of aliphatic hydroxyl groups excluding tert-OH is 5. The van der Waals surface area contributed by atoms with Crippen LogP contribution < -0.4 is 5.32 Å². The number of nitrogens with one attached hydrogen (secondary N) is 1. The lowest BCUT2D eigenvalue weighted by Crippen LogP contribution is -2.67. The van der Waals surface area contributed by atoms with Crippen molar-refractivity contribution in [1.29, 1.82) is 0 Å². The number of carboxylic acids is 1. The summed E-state index contributed by atoms with van der Waals surface area (Å²) >= 11 is 0. The quantitative estimate of drug-likeness (QED) is 0.137. The average molecular weight is 704 g/mol. The summed E-state index contributed by atoms with van der Waals surface area (Å²) < 4.78 is 31.2. The van der Waals surface area contributed by atoms with E-state index in [9.17, 15) is 40.2 Å². The molecule has 2 aliphatic carbocycles. The first-order chi connectivity index (χ1) is 23.3. The van der Waals surface area contributed by atoms with Crippen molar-refractivity contribution < 1.29 is 63.9 Å². The molecule has 4 fully saturated rings. The fraction of sp³-hybridized carbons (Fsp3) is 0.943. The van der Waals surface area contributed by atoms with Crippen molar-refractivity contribution in [2.24, 2.45) is 23.7 Å². The molecule has 16 atom stereocenters. The normalized spacial score (nSPS) is 41.9. The van der Waals surface area contributed by atoms with Crippen molar-refractivity contribution in [2.75, 3.05) is 6.61 Å². The van der Waals surface area contributed by atoms with Gasteiger partial charge in [0.25, 0.3) is 0 Å². The van der Waals surface area contributed by atoms with Crippen molar-refractivity contribution in [3.8, 4) is 0 Å². The minimum Gasteiger partial charge on any atom is -0.479 e. The summed E-state index contributed by atoms with van der Waals surface area (Å²) in [6, 6.07) is -1.15. The molecule has 2 saturated carbocycles. The second-order valence-corrected chi connectivity index (χ2v) is 14.9. The molecule has 4 rings (SSSR count). The third-order valence-corrected chi connectivity index (χ3v) is 11.4. The van der Waals surface area contributed by atoms with Gasteiger partial charge in [0.05, 0.1) is 24.9 Å². The van der Waals surface area contributed by atoms with Gasteiger partial charge in [0.2, 0.25) is 5.91 Å². The number of aliphatic hydroxyl groups is 5. The van der Waals surface area contributed by atoms with E-state index in [4.69, 9.17) is 23.7 Å². The van der Waals surface area contributed by atoms with Crippen LogP contribution in [0, 0.1) is 23.7 Å². The summed E-state index contributed by atoms with van der Waals surface area (Å²) in [4.78, 5) is 25.0. The first kappa shape index (κ1) is 40.3. The minimum absolute atomic E-state index is 0.0752. The Balaban J connectivity index is 1.65. The minimum atomic E-state index is -1.53. The predicted octanol–water partition coefficient (Wildman–Crippen LogP) is 1.46. The van der Waals surface area contributed by atoms with Crippen molar-refractivity contribution in [3.05, 3.63) is 0 Å². The zero-order chi connectivity index (χ0) is 36.0. The Labute approximate surface area is 289 Å². The fourth-order valence-corrected chi connectivity index (χ4v) is 8.20. The molecule has 4 aliphatic rings. The Hall–Kier alpha value is -1.46. The number of amides is 1. The summed E-state index contributed by atoms with van der Waals surface area (Å²) in [5.41, 5.74) is 0. The maximum atomic E-state index is 12.6. The van der Waals surface area contributed by atoms with Crippen LogP contribution in [0.5, 0.6) is 0 Å². The SMILES string of the molecule is CCC(C)C1CC(O[C@@H]2O[C@@H](CO)C(O)C(O[C@@H](CC3CCCCC3)C(=O)O)C2NC(C)=O)C(OC2OC(C)C(O)C(O)C2O)[C@H](CC)C1. The number of carbonyl (C=O) groups excluding carboxylic acids is 1. The van der Waals surface area contributed by atoms with Gasteiger partial charge < -0.3 is 59.6 Å². The third-order valence-electron chi connectivity index (χ3n) is 11.4. The lowest BCUT2D eigenvalue weighted by molar-refractivity contribution is -0.339. The monoisotopic (exact) mass is 703 g/mol. The highest BCUT2D eigenvalue weighted by Crippen LogP contribution is 2.42. The van der Waals surface area contributed by atoms with Crippen LogP contribution in [0.4, 0.5) is 0 Å². The Kier molecular flexibility index (Phi) is 15.1. The highest BCUT2D eigenvalue weighted by molar-refractivity contribution is 5.73. The summed E-state index contributed by atoms with van der Waals surface area (Å²) in [5, 5.41) is 66.1. The molecule has 1 amide bonds. The third kappa shape index (κ3) is 9.91. The number of carboxylic acid groups (broad SMARTS) is 1. The van der Waals surface area contributed by atoms with Crippen molar-refractivity contribution in [3.63, 3.8) is 0 Å². The summed E-state index contributed by atoms with van der Waals surface area (Å²) in [7, 11) is 0. The van der Waals surface area contributed by atoms with Gasteiger partial charge in [-0.15, -0.1) is 0 Å². The molecule has 14 nitrogen and oxygen atoms in total. The molecule has 0 bridgehead atoms. The smallest absolute Gasteiger partial charge is 0.332 e. The van der Waals surface area contributed by atoms with E-state index in [1.54, 1.807) is 6.92 Å². The number of aliphatic carboxylic acids is 1. The zero-order valence-electron chi connectivity index (χ0n) is 29.6. The van der Waals surface area contributed by atoms with Gasteiger partial charge >= 0.3 is 5.97 Å². The largest absolute Gasteiger partial charge is 0.479 e. The van der Waals surface area contributed by atoms with E-state index in [0.717, 1.165) is 44.9 Å². The van der Waals surface area contributed by atoms with Crippen LogP contribution in [-0.4, -0.2) is 129 Å². The van der Waals surface area contributed by atoms with Crippen LogP contribution >= 0.6 is 0 Å². The van der Waals surface area contributed by atoms with Crippen LogP contribution in [0.25, 0.3) is 0 Å². The van der Waals surface area contributed by atoms with Crippen LogP contribution in [0.15, 0.2) is 0 Å². The van der Waals surface area contributed by atoms with Crippen LogP contribution in [0.3, 0.4) is 0 Å². The molecular formula is C35H61NO13. The van der Waals surface area contributed by atoms with E-state index >= 15 is 0 Å². The first-order valence-corrected chi connectivity index (χ1v) is 18.4. The highest BCUT2D eigenvalue weighted by atomic mass is 16.7. The fourth-order valence-electron chi connectivity index (χ4n) is 8.20. The Morgan fingerprint density at radius 2 is 1.59 bits per heavy atom. The van der Waals surface area contributed by atoms with E-state index in [0.29, 0.717) is 18.8 Å². The van der Waals surface area contributed by atoms with Crippen molar-refractivity contribution >= 4 is 11.9 Å². The van der Waals surface area contributed by atoms with Gasteiger partial charge in [-0.25, -0.2) is 4.79 Å². The van der Waals surface area contributed by atoms with Gasteiger partial charge in [-0.3, -0.25) is 4.79 Å². The zero-order valence-corrected chi connectivity index (χ0v) is 29.6. The van der Waals surface area contributed by atoms with Gasteiger partial charge in [-0.2, -0.15) is 0 Å². The molecule has 12 unspecified atom stereocenters.